The van der Waals surface area contributed by atoms with Crippen LogP contribution in [0.3, 0.4) is 0 Å². The van der Waals surface area contributed by atoms with Crippen LogP contribution < -0.4 is 19.1 Å². The van der Waals surface area contributed by atoms with Gasteiger partial charge in [0.2, 0.25) is 11.7 Å². The Labute approximate surface area is 183 Å². The van der Waals surface area contributed by atoms with Gasteiger partial charge in [0.1, 0.15) is 0 Å². The van der Waals surface area contributed by atoms with Crippen LogP contribution in [0.2, 0.25) is 0 Å². The minimum atomic E-state index is -0.0320. The third-order valence-electron chi connectivity index (χ3n) is 5.27. The molecular weight excluding hydrogens is 394 g/mol. The molecule has 7 heteroatoms. The molecule has 0 atom stereocenters. The molecule has 31 heavy (non-hydrogen) atoms. The molecule has 0 unspecified atom stereocenters. The van der Waals surface area contributed by atoms with Crippen LogP contribution in [0.25, 0.3) is 6.08 Å². The van der Waals surface area contributed by atoms with Gasteiger partial charge in [-0.3, -0.25) is 4.79 Å². The Balaban J connectivity index is 1.67. The van der Waals surface area contributed by atoms with Gasteiger partial charge < -0.3 is 24.0 Å². The Hall–Kier alpha value is -3.66. The van der Waals surface area contributed by atoms with Crippen LogP contribution in [0.4, 0.5) is 5.69 Å². The molecule has 1 aliphatic heterocycles. The molecule has 1 heterocycles. The number of rotatable bonds is 6. The van der Waals surface area contributed by atoms with Crippen molar-refractivity contribution in [1.29, 1.82) is 5.26 Å². The maximum absolute atomic E-state index is 12.8. The largest absolute Gasteiger partial charge is 0.493 e. The first-order chi connectivity index (χ1) is 15.1. The quantitative estimate of drug-likeness (QED) is 0.666. The number of ether oxygens (including phenoxy) is 3. The van der Waals surface area contributed by atoms with Gasteiger partial charge >= 0.3 is 0 Å². The zero-order valence-corrected chi connectivity index (χ0v) is 18.1. The lowest BCUT2D eigenvalue weighted by Gasteiger charge is -2.23. The highest BCUT2D eigenvalue weighted by molar-refractivity contribution is 5.92. The number of nitrogens with zero attached hydrogens (tertiary/aromatic N) is 3. The maximum atomic E-state index is 12.8. The van der Waals surface area contributed by atoms with E-state index in [9.17, 15) is 4.79 Å². The standard InChI is InChI=1S/C24H27N3O4/c1-29-21-15-19(16-22(30-2)24(21)31-3)7-10-23(28)27-12-4-11-26(13-14-27)20-8-5-18(17-25)6-9-20/h5-10,15-16H,4,11-14H2,1-3H3/b10-7+. The third-order valence-corrected chi connectivity index (χ3v) is 5.27. The lowest BCUT2D eigenvalue weighted by molar-refractivity contribution is -0.125. The molecule has 1 amide bonds. The molecule has 3 rings (SSSR count). The highest BCUT2D eigenvalue weighted by Crippen LogP contribution is 2.38. The Bertz CT molecular complexity index is 954. The molecule has 1 saturated heterocycles. The highest BCUT2D eigenvalue weighted by Gasteiger charge is 2.18. The molecule has 1 aliphatic rings. The van der Waals surface area contributed by atoms with Crippen molar-refractivity contribution in [2.24, 2.45) is 0 Å². The van der Waals surface area contributed by atoms with Crippen LogP contribution in [0.15, 0.2) is 42.5 Å². The summed E-state index contributed by atoms with van der Waals surface area (Å²) < 4.78 is 16.1. The lowest BCUT2D eigenvalue weighted by Crippen LogP contribution is -2.34. The average Bonchev–Trinajstić information content (AvgIpc) is 3.08. The van der Waals surface area contributed by atoms with Crippen molar-refractivity contribution in [2.75, 3.05) is 52.4 Å². The van der Waals surface area contributed by atoms with Crippen molar-refractivity contribution in [3.05, 3.63) is 53.6 Å². The molecule has 0 aliphatic carbocycles. The number of carbonyl (C=O) groups excluding carboxylic acids is 1. The number of methoxy groups -OCH3 is 3. The van der Waals surface area contributed by atoms with Crippen LogP contribution in [0.1, 0.15) is 17.5 Å². The topological polar surface area (TPSA) is 75.0 Å². The Morgan fingerprint density at radius 2 is 1.65 bits per heavy atom. The van der Waals surface area contributed by atoms with E-state index in [1.807, 2.05) is 29.2 Å². The molecule has 2 aromatic carbocycles. The van der Waals surface area contributed by atoms with E-state index in [1.165, 1.54) is 0 Å². The molecule has 0 saturated carbocycles. The summed E-state index contributed by atoms with van der Waals surface area (Å²) in [6.07, 6.45) is 4.22. The predicted molar refractivity (Wildman–Crippen MR) is 120 cm³/mol. The van der Waals surface area contributed by atoms with E-state index in [0.717, 1.165) is 30.8 Å². The van der Waals surface area contributed by atoms with Crippen LogP contribution >= 0.6 is 0 Å². The van der Waals surface area contributed by atoms with Crippen molar-refractivity contribution >= 4 is 17.7 Å². The van der Waals surface area contributed by atoms with Gasteiger partial charge in [-0.25, -0.2) is 0 Å². The van der Waals surface area contributed by atoms with Gasteiger partial charge in [0.25, 0.3) is 0 Å². The van der Waals surface area contributed by atoms with Crippen molar-refractivity contribution in [1.82, 2.24) is 4.90 Å². The zero-order chi connectivity index (χ0) is 22.2. The molecular formula is C24H27N3O4. The predicted octanol–water partition coefficient (Wildman–Crippen LogP) is 3.34. The van der Waals surface area contributed by atoms with E-state index < -0.39 is 0 Å². The summed E-state index contributed by atoms with van der Waals surface area (Å²) in [5.41, 5.74) is 2.51. The molecule has 2 aromatic rings. The number of nitriles is 1. The summed E-state index contributed by atoms with van der Waals surface area (Å²) in [5, 5.41) is 8.96. The second-order valence-electron chi connectivity index (χ2n) is 7.12. The highest BCUT2D eigenvalue weighted by atomic mass is 16.5. The van der Waals surface area contributed by atoms with Gasteiger partial charge in [0.05, 0.1) is 33.0 Å². The first-order valence-electron chi connectivity index (χ1n) is 10.1. The average molecular weight is 421 g/mol. The van der Waals surface area contributed by atoms with Gasteiger partial charge in [-0.2, -0.15) is 5.26 Å². The number of carbonyl (C=O) groups is 1. The van der Waals surface area contributed by atoms with Gasteiger partial charge in [-0.15, -0.1) is 0 Å². The normalized spacial score (nSPS) is 14.1. The summed E-state index contributed by atoms with van der Waals surface area (Å²) in [6, 6.07) is 13.3. The molecule has 0 bridgehead atoms. The summed E-state index contributed by atoms with van der Waals surface area (Å²) in [4.78, 5) is 16.9. The van der Waals surface area contributed by atoms with E-state index in [4.69, 9.17) is 19.5 Å². The van der Waals surface area contributed by atoms with Gasteiger partial charge in [0, 0.05) is 37.9 Å². The number of benzene rings is 2. The first-order valence-corrected chi connectivity index (χ1v) is 10.1. The van der Waals surface area contributed by atoms with Crippen molar-refractivity contribution in [3.63, 3.8) is 0 Å². The van der Waals surface area contributed by atoms with Crippen LogP contribution in [0, 0.1) is 11.3 Å². The number of amides is 1. The van der Waals surface area contributed by atoms with Crippen molar-refractivity contribution in [2.45, 2.75) is 6.42 Å². The molecule has 0 aromatic heterocycles. The Morgan fingerprint density at radius 3 is 2.23 bits per heavy atom. The fourth-order valence-electron chi connectivity index (χ4n) is 3.61. The molecule has 162 valence electrons. The van der Waals surface area contributed by atoms with E-state index in [1.54, 1.807) is 45.6 Å². The second kappa shape index (κ2) is 10.4. The summed E-state index contributed by atoms with van der Waals surface area (Å²) in [5.74, 6) is 1.57. The molecule has 7 nitrogen and oxygen atoms in total. The Morgan fingerprint density at radius 1 is 0.968 bits per heavy atom. The maximum Gasteiger partial charge on any atom is 0.246 e. The first kappa shape index (κ1) is 22.0. The molecule has 1 fully saturated rings. The van der Waals surface area contributed by atoms with Crippen molar-refractivity contribution < 1.29 is 19.0 Å². The van der Waals surface area contributed by atoms with Gasteiger partial charge in [-0.1, -0.05) is 0 Å². The van der Waals surface area contributed by atoms with Crippen LogP contribution in [-0.4, -0.2) is 58.3 Å². The van der Waals surface area contributed by atoms with Gasteiger partial charge in [0.15, 0.2) is 11.5 Å². The summed E-state index contributed by atoms with van der Waals surface area (Å²) in [6.45, 7) is 2.95. The SMILES string of the molecule is COc1cc(/C=C/C(=O)N2CCCN(c3ccc(C#N)cc3)CC2)cc(OC)c1OC. The monoisotopic (exact) mass is 421 g/mol. The summed E-state index contributed by atoms with van der Waals surface area (Å²) in [7, 11) is 4.68. The number of hydrogen-bond acceptors (Lipinski definition) is 6. The lowest BCUT2D eigenvalue weighted by atomic mass is 10.1. The Kier molecular flexibility index (Phi) is 7.39. The minimum absolute atomic E-state index is 0.0320. The van der Waals surface area contributed by atoms with E-state index in [2.05, 4.69) is 11.0 Å². The zero-order valence-electron chi connectivity index (χ0n) is 18.1. The van der Waals surface area contributed by atoms with Crippen molar-refractivity contribution in [3.8, 4) is 23.3 Å². The fraction of sp³-hybridized carbons (Fsp3) is 0.333. The van der Waals surface area contributed by atoms with Crippen LogP contribution in [-0.2, 0) is 4.79 Å². The smallest absolute Gasteiger partial charge is 0.246 e. The van der Waals surface area contributed by atoms with Gasteiger partial charge in [-0.05, 0) is 54.5 Å². The molecule has 0 N–H and O–H groups in total. The number of anilines is 1. The van der Waals surface area contributed by atoms with E-state index in [0.29, 0.717) is 35.9 Å². The van der Waals surface area contributed by atoms with E-state index >= 15 is 0 Å². The van der Waals surface area contributed by atoms with Crippen LogP contribution in [0.5, 0.6) is 17.2 Å². The number of hydrogen-bond donors (Lipinski definition) is 0. The third kappa shape index (κ3) is 5.28. The minimum Gasteiger partial charge on any atom is -0.493 e. The fourth-order valence-corrected chi connectivity index (χ4v) is 3.61. The summed E-state index contributed by atoms with van der Waals surface area (Å²) >= 11 is 0. The molecule has 0 spiro atoms. The van der Waals surface area contributed by atoms with E-state index in [-0.39, 0.29) is 5.91 Å². The molecule has 0 radical (unpaired) electrons. The second-order valence-corrected chi connectivity index (χ2v) is 7.12.